The lowest BCUT2D eigenvalue weighted by molar-refractivity contribution is -0.168. The molecule has 2 amide bonds. The molecule has 8 heteroatoms. The van der Waals surface area contributed by atoms with Crippen LogP contribution in [0.3, 0.4) is 0 Å². The lowest BCUT2D eigenvalue weighted by Crippen LogP contribution is -2.59. The molecule has 124 valence electrons. The number of carboxylic acids is 1. The lowest BCUT2D eigenvalue weighted by atomic mass is 10.0. The van der Waals surface area contributed by atoms with Crippen molar-refractivity contribution < 1.29 is 24.2 Å². The second-order valence-electron chi connectivity index (χ2n) is 5.41. The fraction of sp³-hybridized carbons (Fsp3) is 0.467. The molecule has 1 aliphatic heterocycles. The molecule has 1 aromatic rings. The fourth-order valence-corrected chi connectivity index (χ4v) is 2.35. The number of rotatable bonds is 5. The van der Waals surface area contributed by atoms with Crippen molar-refractivity contribution in [2.24, 2.45) is 0 Å². The maximum atomic E-state index is 12.5. The quantitative estimate of drug-likeness (QED) is 0.749. The number of aliphatic carboxylic acids is 1. The number of pyridine rings is 1. The number of ether oxygens (including phenoxy) is 1. The van der Waals surface area contributed by atoms with Crippen molar-refractivity contribution in [3.05, 3.63) is 24.5 Å². The van der Waals surface area contributed by atoms with Crippen molar-refractivity contribution in [2.75, 3.05) is 18.6 Å². The van der Waals surface area contributed by atoms with Crippen molar-refractivity contribution in [3.8, 4) is 0 Å². The average molecular weight is 321 g/mol. The molecule has 2 atom stereocenters. The van der Waals surface area contributed by atoms with Gasteiger partial charge in [0.15, 0.2) is 0 Å². The van der Waals surface area contributed by atoms with Crippen LogP contribution in [0.4, 0.5) is 5.69 Å². The highest BCUT2D eigenvalue weighted by Gasteiger charge is 2.44. The van der Waals surface area contributed by atoms with Gasteiger partial charge in [-0.3, -0.25) is 14.6 Å². The molecule has 1 aliphatic rings. The minimum absolute atomic E-state index is 0.290. The van der Waals surface area contributed by atoms with Gasteiger partial charge in [0.2, 0.25) is 11.5 Å². The largest absolute Gasteiger partial charge is 0.479 e. The SMILES string of the molecule is COC(C)(C(=O)O)C(=O)NC1CCCN(c2cccnc2)C1=O. The maximum Gasteiger partial charge on any atom is 0.345 e. The van der Waals surface area contributed by atoms with E-state index >= 15 is 0 Å². The van der Waals surface area contributed by atoms with Gasteiger partial charge in [0.1, 0.15) is 6.04 Å². The van der Waals surface area contributed by atoms with Crippen molar-refractivity contribution in [3.63, 3.8) is 0 Å². The third-order valence-corrected chi connectivity index (χ3v) is 3.95. The Labute approximate surface area is 133 Å². The van der Waals surface area contributed by atoms with Crippen LogP contribution < -0.4 is 10.2 Å². The molecule has 0 bridgehead atoms. The highest BCUT2D eigenvalue weighted by atomic mass is 16.5. The maximum absolute atomic E-state index is 12.5. The number of methoxy groups -OCH3 is 1. The Hall–Kier alpha value is -2.48. The summed E-state index contributed by atoms with van der Waals surface area (Å²) in [5, 5.41) is 11.6. The molecule has 0 saturated carbocycles. The van der Waals surface area contributed by atoms with Crippen LogP contribution in [0.5, 0.6) is 0 Å². The number of hydrogen-bond acceptors (Lipinski definition) is 5. The van der Waals surface area contributed by atoms with Gasteiger partial charge in [-0.15, -0.1) is 0 Å². The van der Waals surface area contributed by atoms with Gasteiger partial charge in [-0.2, -0.15) is 0 Å². The van der Waals surface area contributed by atoms with E-state index in [2.05, 4.69) is 10.3 Å². The molecule has 1 saturated heterocycles. The average Bonchev–Trinajstić information content (AvgIpc) is 2.56. The van der Waals surface area contributed by atoms with Crippen LogP contribution in [-0.2, 0) is 19.1 Å². The summed E-state index contributed by atoms with van der Waals surface area (Å²) in [5.74, 6) is -2.55. The summed E-state index contributed by atoms with van der Waals surface area (Å²) < 4.78 is 4.80. The number of hydrogen-bond donors (Lipinski definition) is 2. The van der Waals surface area contributed by atoms with Gasteiger partial charge < -0.3 is 20.1 Å². The predicted molar refractivity (Wildman–Crippen MR) is 80.8 cm³/mol. The first-order valence-electron chi connectivity index (χ1n) is 7.21. The van der Waals surface area contributed by atoms with E-state index in [0.717, 1.165) is 14.0 Å². The van der Waals surface area contributed by atoms with E-state index in [-0.39, 0.29) is 5.91 Å². The van der Waals surface area contributed by atoms with Crippen LogP contribution in [0, 0.1) is 0 Å². The van der Waals surface area contributed by atoms with E-state index in [0.29, 0.717) is 25.1 Å². The summed E-state index contributed by atoms with van der Waals surface area (Å²) in [4.78, 5) is 41.5. The zero-order valence-corrected chi connectivity index (χ0v) is 13.0. The summed E-state index contributed by atoms with van der Waals surface area (Å²) in [6.45, 7) is 1.67. The highest BCUT2D eigenvalue weighted by molar-refractivity contribution is 6.07. The number of nitrogens with one attached hydrogen (secondary N) is 1. The molecule has 2 heterocycles. The van der Waals surface area contributed by atoms with E-state index in [1.807, 2.05) is 0 Å². The normalized spacial score (nSPS) is 20.7. The number of carbonyl (C=O) groups is 3. The van der Waals surface area contributed by atoms with Crippen LogP contribution >= 0.6 is 0 Å². The van der Waals surface area contributed by atoms with E-state index < -0.39 is 23.5 Å². The standard InChI is InChI=1S/C15H19N3O5/c1-15(23-2,14(21)22)13(20)17-11-6-4-8-18(12(11)19)10-5-3-7-16-9-10/h3,5,7,9,11H,4,6,8H2,1-2H3,(H,17,20)(H,21,22). The van der Waals surface area contributed by atoms with Crippen LogP contribution in [0.1, 0.15) is 19.8 Å². The molecule has 1 fully saturated rings. The van der Waals surface area contributed by atoms with Crippen molar-refractivity contribution in [1.82, 2.24) is 10.3 Å². The van der Waals surface area contributed by atoms with Gasteiger partial charge in [0, 0.05) is 19.9 Å². The summed E-state index contributed by atoms with van der Waals surface area (Å²) in [6.07, 6.45) is 4.30. The number of aromatic nitrogens is 1. The van der Waals surface area contributed by atoms with E-state index in [1.54, 1.807) is 24.5 Å². The molecule has 0 aliphatic carbocycles. The molecule has 2 rings (SSSR count). The minimum Gasteiger partial charge on any atom is -0.479 e. The predicted octanol–water partition coefficient (Wildman–Crippen LogP) is 0.183. The number of amides is 2. The van der Waals surface area contributed by atoms with Crippen LogP contribution in [0.2, 0.25) is 0 Å². The Balaban J connectivity index is 2.13. The number of carbonyl (C=O) groups excluding carboxylic acids is 2. The Bertz CT molecular complexity index is 606. The Morgan fingerprint density at radius 1 is 1.52 bits per heavy atom. The number of carboxylic acid groups (broad SMARTS) is 1. The number of nitrogens with zero attached hydrogens (tertiary/aromatic N) is 2. The Morgan fingerprint density at radius 3 is 2.83 bits per heavy atom. The second kappa shape index (κ2) is 6.74. The molecule has 2 unspecified atom stereocenters. The molecule has 8 nitrogen and oxygen atoms in total. The number of piperidine rings is 1. The first-order valence-corrected chi connectivity index (χ1v) is 7.21. The van der Waals surface area contributed by atoms with Crippen molar-refractivity contribution in [1.29, 1.82) is 0 Å². The third-order valence-electron chi connectivity index (χ3n) is 3.95. The highest BCUT2D eigenvalue weighted by Crippen LogP contribution is 2.21. The molecule has 0 radical (unpaired) electrons. The second-order valence-corrected chi connectivity index (χ2v) is 5.41. The lowest BCUT2D eigenvalue weighted by Gasteiger charge is -2.33. The molecular formula is C15H19N3O5. The fourth-order valence-electron chi connectivity index (χ4n) is 2.35. The van der Waals surface area contributed by atoms with Gasteiger partial charge in [-0.25, -0.2) is 4.79 Å². The Kier molecular flexibility index (Phi) is 4.95. The molecular weight excluding hydrogens is 302 g/mol. The van der Waals surface area contributed by atoms with Crippen molar-refractivity contribution >= 4 is 23.5 Å². The third kappa shape index (κ3) is 3.31. The van der Waals surface area contributed by atoms with Gasteiger partial charge in [0.05, 0.1) is 11.9 Å². The molecule has 1 aromatic heterocycles. The van der Waals surface area contributed by atoms with Gasteiger partial charge in [-0.05, 0) is 31.9 Å². The van der Waals surface area contributed by atoms with E-state index in [4.69, 9.17) is 9.84 Å². The molecule has 0 aromatic carbocycles. The number of anilines is 1. The van der Waals surface area contributed by atoms with Crippen LogP contribution in [0.25, 0.3) is 0 Å². The van der Waals surface area contributed by atoms with Crippen molar-refractivity contribution in [2.45, 2.75) is 31.4 Å². The zero-order valence-electron chi connectivity index (χ0n) is 13.0. The molecule has 2 N–H and O–H groups in total. The summed E-state index contributed by atoms with van der Waals surface area (Å²) in [5.41, 5.74) is -1.39. The summed E-state index contributed by atoms with van der Waals surface area (Å²) in [7, 11) is 1.14. The van der Waals surface area contributed by atoms with Crippen LogP contribution in [-0.4, -0.2) is 53.2 Å². The van der Waals surface area contributed by atoms with Crippen LogP contribution in [0.15, 0.2) is 24.5 Å². The van der Waals surface area contributed by atoms with Gasteiger partial charge >= 0.3 is 5.97 Å². The topological polar surface area (TPSA) is 109 Å². The smallest absolute Gasteiger partial charge is 0.345 e. The molecule has 0 spiro atoms. The van der Waals surface area contributed by atoms with Gasteiger partial charge in [0.25, 0.3) is 5.91 Å². The zero-order chi connectivity index (χ0) is 17.0. The monoisotopic (exact) mass is 321 g/mol. The summed E-state index contributed by atoms with van der Waals surface area (Å²) in [6, 6.07) is 2.69. The minimum atomic E-state index is -2.03. The first kappa shape index (κ1) is 16.9. The van der Waals surface area contributed by atoms with E-state index in [1.165, 1.54) is 4.90 Å². The molecule has 23 heavy (non-hydrogen) atoms. The Morgan fingerprint density at radius 2 is 2.26 bits per heavy atom. The van der Waals surface area contributed by atoms with Gasteiger partial charge in [-0.1, -0.05) is 0 Å². The first-order chi connectivity index (χ1) is 10.9. The van der Waals surface area contributed by atoms with E-state index in [9.17, 15) is 14.4 Å². The summed E-state index contributed by atoms with van der Waals surface area (Å²) >= 11 is 0.